The van der Waals surface area contributed by atoms with E-state index in [2.05, 4.69) is 15.9 Å². The number of hydrogen-bond acceptors (Lipinski definition) is 2. The number of allylic oxidation sites excluding steroid dienone is 2. The predicted molar refractivity (Wildman–Crippen MR) is 59.0 cm³/mol. The smallest absolute Gasteiger partial charge is 0.0896 e. The van der Waals surface area contributed by atoms with Gasteiger partial charge in [0.25, 0.3) is 0 Å². The fourth-order valence-corrected chi connectivity index (χ4v) is 0.969. The van der Waals surface area contributed by atoms with Crippen LogP contribution in [0.15, 0.2) is 23.8 Å². The van der Waals surface area contributed by atoms with Crippen LogP contribution in [-0.2, 0) is 0 Å². The maximum Gasteiger partial charge on any atom is 0.0896 e. The van der Waals surface area contributed by atoms with Gasteiger partial charge < -0.3 is 10.2 Å². The van der Waals surface area contributed by atoms with E-state index in [1.165, 1.54) is 0 Å². The third-order valence-corrected chi connectivity index (χ3v) is 2.76. The number of aliphatic hydroxyl groups is 2. The second-order valence-electron chi connectivity index (χ2n) is 3.33. The molecule has 82 valence electrons. The van der Waals surface area contributed by atoms with Gasteiger partial charge in [0.1, 0.15) is 0 Å². The van der Waals surface area contributed by atoms with Gasteiger partial charge in [-0.1, -0.05) is 39.7 Å². The van der Waals surface area contributed by atoms with Crippen molar-refractivity contribution in [1.82, 2.24) is 0 Å². The van der Waals surface area contributed by atoms with Crippen LogP contribution in [0.5, 0.6) is 0 Å². The van der Waals surface area contributed by atoms with Crippen molar-refractivity contribution in [2.45, 2.75) is 25.9 Å². The Labute approximate surface area is 172 Å². The van der Waals surface area contributed by atoms with Crippen molar-refractivity contribution in [2.75, 3.05) is 11.9 Å². The number of aliphatic hydroxyl groups excluding tert-OH is 1. The molecule has 0 rings (SSSR count). The summed E-state index contributed by atoms with van der Waals surface area (Å²) in [7, 11) is 0. The Kier molecular flexibility index (Phi) is 20.2. The summed E-state index contributed by atoms with van der Waals surface area (Å²) in [5.74, 6) is 0. The maximum atomic E-state index is 9.56. The van der Waals surface area contributed by atoms with E-state index in [-0.39, 0.29) is 94.7 Å². The molecule has 0 bridgehead atoms. The van der Waals surface area contributed by atoms with Crippen molar-refractivity contribution in [3.63, 3.8) is 0 Å². The van der Waals surface area contributed by atoms with Gasteiger partial charge in [0.2, 0.25) is 0 Å². The van der Waals surface area contributed by atoms with Gasteiger partial charge in [-0.3, -0.25) is 0 Å². The van der Waals surface area contributed by atoms with Crippen LogP contribution in [0.2, 0.25) is 0 Å². The van der Waals surface area contributed by atoms with E-state index in [0.29, 0.717) is 5.33 Å². The first kappa shape index (κ1) is 22.9. The molecule has 0 aliphatic heterocycles. The molecule has 0 heterocycles. The van der Waals surface area contributed by atoms with Crippen LogP contribution in [0.4, 0.5) is 0 Å². The molecule has 2 radical (unpaired) electrons. The molecule has 5 heteroatoms. The first-order valence-electron chi connectivity index (χ1n) is 4.24. The number of alkyl halides is 1. The van der Waals surface area contributed by atoms with Crippen LogP contribution in [0.1, 0.15) is 20.3 Å². The second-order valence-corrected chi connectivity index (χ2v) is 3.89. The van der Waals surface area contributed by atoms with Gasteiger partial charge in [-0.15, -0.1) is 0 Å². The van der Waals surface area contributed by atoms with E-state index in [1.807, 2.05) is 13.0 Å². The molecule has 2 nitrogen and oxygen atoms in total. The van der Waals surface area contributed by atoms with Gasteiger partial charge in [0.15, 0.2) is 0 Å². The van der Waals surface area contributed by atoms with Gasteiger partial charge in [0, 0.05) is 93.5 Å². The number of hydrogen-bond donors (Lipinski definition) is 2. The molecule has 0 amide bonds. The van der Waals surface area contributed by atoms with Crippen molar-refractivity contribution in [1.29, 1.82) is 0 Å². The summed E-state index contributed by atoms with van der Waals surface area (Å²) in [6.07, 6.45) is 6.19. The van der Waals surface area contributed by atoms with Gasteiger partial charge in [-0.2, -0.15) is 0 Å². The Morgan fingerprint density at radius 1 is 1.40 bits per heavy atom. The normalized spacial score (nSPS) is 15.4. The largest absolute Gasteiger partial charge is 0.392 e. The Bertz CT molecular complexity index is 204. The van der Waals surface area contributed by atoms with E-state index in [9.17, 15) is 5.11 Å². The fraction of sp³-hybridized carbons (Fsp3) is 0.600. The van der Waals surface area contributed by atoms with Gasteiger partial charge in [-0.25, -0.2) is 0 Å². The van der Waals surface area contributed by atoms with Crippen molar-refractivity contribution in [2.24, 2.45) is 0 Å². The molecule has 0 aromatic rings. The predicted octanol–water partition coefficient (Wildman–Crippen LogP) is 2.02. The minimum atomic E-state index is -0.778. The average Bonchev–Trinajstić information content (AvgIpc) is 2.05. The van der Waals surface area contributed by atoms with Crippen molar-refractivity contribution >= 4 is 15.9 Å². The molecule has 0 fully saturated rings. The van der Waals surface area contributed by atoms with E-state index in [0.717, 1.165) is 12.0 Å². The van der Waals surface area contributed by atoms with Crippen LogP contribution in [0.3, 0.4) is 0 Å². The molecule has 0 aromatic carbocycles. The molecule has 15 heavy (non-hydrogen) atoms. The number of halogens is 1. The first-order chi connectivity index (χ1) is 6.02. The summed E-state index contributed by atoms with van der Waals surface area (Å²) in [5.41, 5.74) is 0.323. The third kappa shape index (κ3) is 14.7. The van der Waals surface area contributed by atoms with Gasteiger partial charge >= 0.3 is 0 Å². The van der Waals surface area contributed by atoms with Crippen LogP contribution >= 0.6 is 15.9 Å². The van der Waals surface area contributed by atoms with Crippen LogP contribution in [-0.4, -0.2) is 27.8 Å². The van der Waals surface area contributed by atoms with E-state index in [1.54, 1.807) is 19.1 Å². The molecule has 2 N–H and O–H groups in total. The zero-order valence-corrected chi connectivity index (χ0v) is 20.4. The molecule has 0 saturated heterocycles. The summed E-state index contributed by atoms with van der Waals surface area (Å²) in [4.78, 5) is 0. The molecular formula is C10H17Ac2BrO2. The summed E-state index contributed by atoms with van der Waals surface area (Å²) in [6, 6.07) is 0. The topological polar surface area (TPSA) is 40.5 Å². The Balaban J connectivity index is -0.000000720. The molecule has 0 aromatic heterocycles. The molecular weight excluding hydrogens is 686 g/mol. The number of rotatable bonds is 5. The zero-order chi connectivity index (χ0) is 10.3. The minimum absolute atomic E-state index is 0. The fourth-order valence-electron chi connectivity index (χ4n) is 0.782. The molecule has 0 spiro atoms. The average molecular weight is 703 g/mol. The third-order valence-electron chi connectivity index (χ3n) is 1.63. The molecule has 1 unspecified atom stereocenters. The summed E-state index contributed by atoms with van der Waals surface area (Å²) in [6.45, 7) is 3.77. The van der Waals surface area contributed by atoms with Crippen molar-refractivity contribution in [3.05, 3.63) is 23.8 Å². The monoisotopic (exact) mass is 702 g/mol. The van der Waals surface area contributed by atoms with E-state index < -0.39 is 5.60 Å². The summed E-state index contributed by atoms with van der Waals surface area (Å²) in [5, 5.41) is 18.7. The van der Waals surface area contributed by atoms with Gasteiger partial charge in [-0.05, 0) is 20.3 Å². The minimum Gasteiger partial charge on any atom is -0.392 e. The Hall–Kier alpha value is 2.76. The van der Waals surface area contributed by atoms with Crippen molar-refractivity contribution in [3.8, 4) is 0 Å². The van der Waals surface area contributed by atoms with Crippen molar-refractivity contribution < 1.29 is 98.3 Å². The Morgan fingerprint density at radius 2 is 1.93 bits per heavy atom. The molecule has 1 atom stereocenters. The zero-order valence-electron chi connectivity index (χ0n) is 9.28. The molecule has 0 aliphatic rings. The van der Waals surface area contributed by atoms with E-state index in [4.69, 9.17) is 5.11 Å². The van der Waals surface area contributed by atoms with E-state index >= 15 is 0 Å². The van der Waals surface area contributed by atoms with Crippen LogP contribution < -0.4 is 0 Å². The summed E-state index contributed by atoms with van der Waals surface area (Å²) >= 11 is 3.21. The molecule has 0 aliphatic carbocycles. The van der Waals surface area contributed by atoms with Crippen LogP contribution in [0, 0.1) is 88.1 Å². The summed E-state index contributed by atoms with van der Waals surface area (Å²) < 4.78 is 0. The molecule has 0 saturated carbocycles. The maximum absolute atomic E-state index is 9.56. The standard InChI is InChI=1S/C10H17BrO2.2Ac/c1-9(5-7-12)4-3-6-10(2,13)8-11;;/h3,5-6,12-13H,4,7-8H2,1-2H3;;/b6-3+,9-5+;;. The first-order valence-corrected chi connectivity index (χ1v) is 5.36. The van der Waals surface area contributed by atoms with Gasteiger partial charge in [0.05, 0.1) is 12.2 Å². The SMILES string of the molecule is C/C(=C\CO)C/C=C/C(C)(O)CBr.[Ac].[Ac]. The quantitative estimate of drug-likeness (QED) is 0.341. The second kappa shape index (κ2) is 13.2. The Morgan fingerprint density at radius 3 is 2.33 bits per heavy atom. The van der Waals surface area contributed by atoms with Crippen LogP contribution in [0.25, 0.3) is 0 Å².